The molecule has 1 fully saturated rings. The fourth-order valence-electron chi connectivity index (χ4n) is 2.63. The molecule has 1 aliphatic heterocycles. The van der Waals surface area contributed by atoms with Crippen LogP contribution in [0.25, 0.3) is 0 Å². The van der Waals surface area contributed by atoms with Gasteiger partial charge in [0.1, 0.15) is 5.82 Å². The van der Waals surface area contributed by atoms with Crippen molar-refractivity contribution in [2.45, 2.75) is 26.3 Å². The molecule has 6 nitrogen and oxygen atoms in total. The van der Waals surface area contributed by atoms with Gasteiger partial charge in [-0.05, 0) is 25.0 Å². The predicted molar refractivity (Wildman–Crippen MR) is 80.2 cm³/mol. The zero-order valence-corrected chi connectivity index (χ0v) is 12.2. The Hall–Kier alpha value is -1.82. The van der Waals surface area contributed by atoms with Gasteiger partial charge >= 0.3 is 0 Å². The smallest absolute Gasteiger partial charge is 0.156 e. The molecule has 3 N–H and O–H groups in total. The van der Waals surface area contributed by atoms with Crippen molar-refractivity contribution >= 4 is 11.7 Å². The summed E-state index contributed by atoms with van der Waals surface area (Å²) in [5.41, 5.74) is 6.92. The topological polar surface area (TPSA) is 78.0 Å². The van der Waals surface area contributed by atoms with Gasteiger partial charge in [0.25, 0.3) is 0 Å². The van der Waals surface area contributed by atoms with Crippen LogP contribution in [0.2, 0.25) is 0 Å². The lowest BCUT2D eigenvalue weighted by Gasteiger charge is -2.39. The molecule has 0 saturated carbocycles. The van der Waals surface area contributed by atoms with Crippen LogP contribution in [0.4, 0.5) is 5.82 Å². The lowest BCUT2D eigenvalue weighted by molar-refractivity contribution is 0.215. The van der Waals surface area contributed by atoms with E-state index in [0.29, 0.717) is 5.84 Å². The van der Waals surface area contributed by atoms with E-state index in [1.807, 2.05) is 13.1 Å². The molecule has 1 aromatic heterocycles. The second-order valence-electron chi connectivity index (χ2n) is 5.17. The highest BCUT2D eigenvalue weighted by Gasteiger charge is 2.25. The number of nitrogens with two attached hydrogens (primary N) is 1. The van der Waals surface area contributed by atoms with E-state index in [2.05, 4.69) is 39.0 Å². The van der Waals surface area contributed by atoms with Crippen LogP contribution in [0.15, 0.2) is 23.5 Å². The Kier molecular flexibility index (Phi) is 4.79. The third-order valence-corrected chi connectivity index (χ3v) is 3.82. The van der Waals surface area contributed by atoms with Gasteiger partial charge in [0, 0.05) is 32.4 Å². The molecule has 1 saturated heterocycles. The van der Waals surface area contributed by atoms with Crippen molar-refractivity contribution in [3.8, 4) is 0 Å². The Morgan fingerprint density at radius 3 is 2.60 bits per heavy atom. The molecule has 2 heterocycles. The van der Waals surface area contributed by atoms with Gasteiger partial charge in [0.2, 0.25) is 0 Å². The van der Waals surface area contributed by atoms with Crippen LogP contribution < -0.4 is 10.6 Å². The molecule has 1 atom stereocenters. The van der Waals surface area contributed by atoms with E-state index in [4.69, 9.17) is 10.9 Å². The highest BCUT2D eigenvalue weighted by atomic mass is 16.4. The maximum Gasteiger partial charge on any atom is 0.156 e. The molecule has 1 aliphatic rings. The van der Waals surface area contributed by atoms with Crippen molar-refractivity contribution in [2.24, 2.45) is 10.9 Å². The Balaban J connectivity index is 1.96. The molecule has 20 heavy (non-hydrogen) atoms. The molecule has 1 unspecified atom stereocenters. The number of piperazine rings is 1. The number of amidine groups is 1. The second kappa shape index (κ2) is 6.56. The predicted octanol–water partition coefficient (Wildman–Crippen LogP) is 1.04. The third-order valence-electron chi connectivity index (χ3n) is 3.82. The normalized spacial score (nSPS) is 19.1. The molecule has 0 aromatic carbocycles. The quantitative estimate of drug-likeness (QED) is 0.372. The first-order valence-electron chi connectivity index (χ1n) is 7.04. The van der Waals surface area contributed by atoms with E-state index in [1.54, 1.807) is 0 Å². The summed E-state index contributed by atoms with van der Waals surface area (Å²) in [4.78, 5) is 9.00. The Morgan fingerprint density at radius 1 is 1.40 bits per heavy atom. The summed E-state index contributed by atoms with van der Waals surface area (Å²) in [7, 11) is 0. The van der Waals surface area contributed by atoms with E-state index in [9.17, 15) is 0 Å². The number of rotatable bonds is 4. The second-order valence-corrected chi connectivity index (χ2v) is 5.17. The molecule has 6 heteroatoms. The van der Waals surface area contributed by atoms with Gasteiger partial charge in [-0.2, -0.15) is 0 Å². The Bertz CT molecular complexity index is 451. The SMILES string of the molecule is CCC(C(N)=NO)N1CCN(c2ccc(C)cn2)CC1. The van der Waals surface area contributed by atoms with Crippen molar-refractivity contribution in [2.75, 3.05) is 31.1 Å². The van der Waals surface area contributed by atoms with E-state index >= 15 is 0 Å². The number of aryl methyl sites for hydroxylation is 1. The molecule has 0 amide bonds. The zero-order valence-electron chi connectivity index (χ0n) is 12.2. The van der Waals surface area contributed by atoms with E-state index in [-0.39, 0.29) is 6.04 Å². The minimum atomic E-state index is 0.0214. The maximum absolute atomic E-state index is 8.84. The number of anilines is 1. The number of aromatic nitrogens is 1. The Labute approximate surface area is 119 Å². The molecule has 0 bridgehead atoms. The number of hydrogen-bond acceptors (Lipinski definition) is 5. The third kappa shape index (κ3) is 3.19. The van der Waals surface area contributed by atoms with Gasteiger partial charge in [-0.1, -0.05) is 18.1 Å². The highest BCUT2D eigenvalue weighted by molar-refractivity contribution is 5.85. The van der Waals surface area contributed by atoms with E-state index in [0.717, 1.165) is 38.4 Å². The average Bonchev–Trinajstić information content (AvgIpc) is 2.49. The van der Waals surface area contributed by atoms with Gasteiger partial charge in [-0.15, -0.1) is 0 Å². The number of pyridine rings is 1. The monoisotopic (exact) mass is 277 g/mol. The fraction of sp³-hybridized carbons (Fsp3) is 0.571. The van der Waals surface area contributed by atoms with E-state index in [1.165, 1.54) is 5.56 Å². The lowest BCUT2D eigenvalue weighted by Crippen LogP contribution is -2.54. The molecule has 2 rings (SSSR count). The van der Waals surface area contributed by atoms with Gasteiger partial charge < -0.3 is 15.8 Å². The van der Waals surface area contributed by atoms with Crippen molar-refractivity contribution in [3.05, 3.63) is 23.9 Å². The summed E-state index contributed by atoms with van der Waals surface area (Å²) in [5.74, 6) is 1.32. The summed E-state index contributed by atoms with van der Waals surface area (Å²) in [6.45, 7) is 7.69. The van der Waals surface area contributed by atoms with Gasteiger partial charge in [0.05, 0.1) is 6.04 Å². The summed E-state index contributed by atoms with van der Waals surface area (Å²) in [6.07, 6.45) is 2.74. The molecule has 0 spiro atoms. The average molecular weight is 277 g/mol. The molecular weight excluding hydrogens is 254 g/mol. The number of nitrogens with zero attached hydrogens (tertiary/aromatic N) is 4. The summed E-state index contributed by atoms with van der Waals surface area (Å²) >= 11 is 0. The molecule has 0 radical (unpaired) electrons. The van der Waals surface area contributed by atoms with Crippen LogP contribution in [0.3, 0.4) is 0 Å². The van der Waals surface area contributed by atoms with Crippen LogP contribution in [0.5, 0.6) is 0 Å². The highest BCUT2D eigenvalue weighted by Crippen LogP contribution is 2.16. The Morgan fingerprint density at radius 2 is 2.10 bits per heavy atom. The largest absolute Gasteiger partial charge is 0.409 e. The zero-order chi connectivity index (χ0) is 14.5. The fourth-order valence-corrected chi connectivity index (χ4v) is 2.63. The van der Waals surface area contributed by atoms with Crippen LogP contribution in [0.1, 0.15) is 18.9 Å². The minimum absolute atomic E-state index is 0.0214. The van der Waals surface area contributed by atoms with Crippen molar-refractivity contribution in [3.63, 3.8) is 0 Å². The minimum Gasteiger partial charge on any atom is -0.409 e. The van der Waals surface area contributed by atoms with Crippen LogP contribution in [0, 0.1) is 6.92 Å². The van der Waals surface area contributed by atoms with E-state index < -0.39 is 0 Å². The first-order chi connectivity index (χ1) is 9.65. The first kappa shape index (κ1) is 14.6. The standard InChI is InChI=1S/C14H23N5O/c1-3-12(14(15)17-20)18-6-8-19(9-7-18)13-5-4-11(2)10-16-13/h4-5,10,12,20H,3,6-9H2,1-2H3,(H2,15,17). The van der Waals surface area contributed by atoms with Crippen LogP contribution in [-0.2, 0) is 0 Å². The van der Waals surface area contributed by atoms with Gasteiger partial charge in [-0.25, -0.2) is 4.98 Å². The first-order valence-corrected chi connectivity index (χ1v) is 7.04. The molecule has 0 aliphatic carbocycles. The summed E-state index contributed by atoms with van der Waals surface area (Å²) < 4.78 is 0. The number of hydrogen-bond donors (Lipinski definition) is 2. The van der Waals surface area contributed by atoms with Crippen molar-refractivity contribution in [1.82, 2.24) is 9.88 Å². The summed E-state index contributed by atoms with van der Waals surface area (Å²) in [6, 6.07) is 4.17. The number of oxime groups is 1. The maximum atomic E-state index is 8.84. The van der Waals surface area contributed by atoms with Crippen molar-refractivity contribution in [1.29, 1.82) is 0 Å². The molecule has 110 valence electrons. The van der Waals surface area contributed by atoms with Crippen LogP contribution in [-0.4, -0.2) is 53.1 Å². The molecular formula is C14H23N5O. The van der Waals surface area contributed by atoms with Crippen molar-refractivity contribution < 1.29 is 5.21 Å². The molecule has 1 aromatic rings. The van der Waals surface area contributed by atoms with Gasteiger partial charge in [0.15, 0.2) is 5.84 Å². The van der Waals surface area contributed by atoms with Crippen LogP contribution >= 0.6 is 0 Å². The summed E-state index contributed by atoms with van der Waals surface area (Å²) in [5, 5.41) is 12.0. The van der Waals surface area contributed by atoms with Gasteiger partial charge in [-0.3, -0.25) is 4.90 Å². The lowest BCUT2D eigenvalue weighted by atomic mass is 10.1.